The van der Waals surface area contributed by atoms with Gasteiger partial charge in [0.15, 0.2) is 6.29 Å². The minimum absolute atomic E-state index is 0.269. The number of ether oxygens (including phenoxy) is 1. The van der Waals surface area contributed by atoms with Crippen LogP contribution in [-0.4, -0.2) is 47.3 Å². The summed E-state index contributed by atoms with van der Waals surface area (Å²) < 4.78 is 37.3. The molecule has 10 heteroatoms. The molecule has 1 N–H and O–H groups in total. The summed E-state index contributed by atoms with van der Waals surface area (Å²) in [5.41, 5.74) is 7.17. The highest BCUT2D eigenvalue weighted by Crippen LogP contribution is 2.48. The van der Waals surface area contributed by atoms with Crippen molar-refractivity contribution in [2.24, 2.45) is 0 Å². The molecule has 0 spiro atoms. The second-order valence-corrected chi connectivity index (χ2v) is 15.9. The number of methoxy groups -OCH3 is 1. The Morgan fingerprint density at radius 3 is 2.46 bits per heavy atom. The highest BCUT2D eigenvalue weighted by Gasteiger charge is 2.32. The first kappa shape index (κ1) is 31.8. The van der Waals surface area contributed by atoms with Crippen molar-refractivity contribution in [2.45, 2.75) is 90.0 Å². The van der Waals surface area contributed by atoms with Gasteiger partial charge < -0.3 is 9.30 Å². The van der Waals surface area contributed by atoms with Crippen molar-refractivity contribution in [3.8, 4) is 17.0 Å². The number of nitrogens with zero attached hydrogens (tertiary/aromatic N) is 3. The fourth-order valence-corrected chi connectivity index (χ4v) is 7.52. The molecule has 1 fully saturated rings. The standard InChI is InChI=1S/C36H42N4O5S/c1-22(2)46(43,44)38-35(42)24-12-14-30-31(18-24)39-20-26(33-27(21-41)19-37-40(33)36(3,4)5)16-25-17-28(45-6)13-15-29(25)34(39)32(30)23-10-8-7-9-11-23/h12-19,21-23H,7-11,20H2,1-6H3,(H,38,42). The molecule has 242 valence electrons. The molecule has 0 unspecified atom stereocenters. The number of allylic oxidation sites excluding steroid dienone is 1. The van der Waals surface area contributed by atoms with Crippen LogP contribution in [0.15, 0.2) is 42.6 Å². The number of rotatable bonds is 7. The van der Waals surface area contributed by atoms with Crippen molar-refractivity contribution in [3.05, 3.63) is 70.5 Å². The second kappa shape index (κ2) is 11.9. The Morgan fingerprint density at radius 2 is 1.80 bits per heavy atom. The molecule has 0 radical (unpaired) electrons. The number of aldehydes is 1. The lowest BCUT2D eigenvalue weighted by Gasteiger charge is -2.24. The van der Waals surface area contributed by atoms with E-state index in [0.717, 1.165) is 76.7 Å². The van der Waals surface area contributed by atoms with Gasteiger partial charge in [-0.25, -0.2) is 13.1 Å². The number of benzene rings is 2. The molecule has 0 bridgehead atoms. The van der Waals surface area contributed by atoms with Gasteiger partial charge in [-0.15, -0.1) is 0 Å². The first-order chi connectivity index (χ1) is 21.8. The quantitative estimate of drug-likeness (QED) is 0.214. The van der Waals surface area contributed by atoms with E-state index in [2.05, 4.69) is 47.3 Å². The average molecular weight is 643 g/mol. The number of nitrogens with one attached hydrogen (secondary N) is 1. The summed E-state index contributed by atoms with van der Waals surface area (Å²) >= 11 is 0. The third-order valence-corrected chi connectivity index (χ3v) is 11.0. The monoisotopic (exact) mass is 642 g/mol. The molecular weight excluding hydrogens is 600 g/mol. The van der Waals surface area contributed by atoms with Crippen LogP contribution in [0.5, 0.6) is 5.75 Å². The first-order valence-electron chi connectivity index (χ1n) is 16.0. The zero-order valence-corrected chi connectivity index (χ0v) is 28.2. The third kappa shape index (κ3) is 5.57. The predicted octanol–water partition coefficient (Wildman–Crippen LogP) is 7.15. The van der Waals surface area contributed by atoms with Crippen LogP contribution in [0, 0.1) is 0 Å². The number of hydrogen-bond acceptors (Lipinski definition) is 6. The van der Waals surface area contributed by atoms with E-state index in [1.165, 1.54) is 12.0 Å². The van der Waals surface area contributed by atoms with Gasteiger partial charge in [-0.05, 0) is 106 Å². The van der Waals surface area contributed by atoms with Crippen LogP contribution >= 0.6 is 0 Å². The van der Waals surface area contributed by atoms with Crippen molar-refractivity contribution in [2.75, 3.05) is 7.11 Å². The molecule has 1 aliphatic carbocycles. The zero-order valence-electron chi connectivity index (χ0n) is 27.4. The maximum absolute atomic E-state index is 13.3. The zero-order chi connectivity index (χ0) is 33.0. The normalized spacial score (nSPS) is 15.7. The summed E-state index contributed by atoms with van der Waals surface area (Å²) in [6, 6.07) is 11.6. The van der Waals surface area contributed by atoms with Gasteiger partial charge in [0.05, 0.1) is 47.6 Å². The minimum Gasteiger partial charge on any atom is -0.497 e. The van der Waals surface area contributed by atoms with Crippen molar-refractivity contribution >= 4 is 44.8 Å². The van der Waals surface area contributed by atoms with Gasteiger partial charge in [0.1, 0.15) is 5.75 Å². The lowest BCUT2D eigenvalue weighted by Crippen LogP contribution is -2.35. The average Bonchev–Trinajstić information content (AvgIpc) is 3.55. The summed E-state index contributed by atoms with van der Waals surface area (Å²) in [5.74, 6) is 0.396. The van der Waals surface area contributed by atoms with E-state index >= 15 is 0 Å². The molecule has 2 aliphatic rings. The molecule has 1 aliphatic heterocycles. The lowest BCUT2D eigenvalue weighted by molar-refractivity contribution is 0.0980. The number of sulfonamides is 1. The van der Waals surface area contributed by atoms with E-state index in [-0.39, 0.29) is 5.56 Å². The maximum Gasteiger partial charge on any atom is 0.264 e. The van der Waals surface area contributed by atoms with Gasteiger partial charge in [-0.2, -0.15) is 5.10 Å². The van der Waals surface area contributed by atoms with E-state index in [4.69, 9.17) is 4.74 Å². The highest BCUT2D eigenvalue weighted by atomic mass is 32.2. The summed E-state index contributed by atoms with van der Waals surface area (Å²) in [6.45, 7) is 9.66. The number of aromatic nitrogens is 3. The van der Waals surface area contributed by atoms with E-state index < -0.39 is 26.7 Å². The molecule has 4 aromatic rings. The van der Waals surface area contributed by atoms with E-state index in [1.807, 2.05) is 28.9 Å². The molecule has 2 aromatic carbocycles. The number of hydrogen-bond donors (Lipinski definition) is 1. The van der Waals surface area contributed by atoms with Gasteiger partial charge in [-0.3, -0.25) is 14.3 Å². The first-order valence-corrected chi connectivity index (χ1v) is 17.5. The molecule has 0 saturated heterocycles. The number of carbonyl (C=O) groups is 2. The van der Waals surface area contributed by atoms with Crippen LogP contribution < -0.4 is 9.46 Å². The van der Waals surface area contributed by atoms with Crippen molar-refractivity contribution in [1.82, 2.24) is 19.1 Å². The Bertz CT molecular complexity index is 1990. The maximum atomic E-state index is 13.3. The van der Waals surface area contributed by atoms with Crippen molar-refractivity contribution < 1.29 is 22.7 Å². The molecule has 2 aromatic heterocycles. The van der Waals surface area contributed by atoms with Gasteiger partial charge in [-0.1, -0.05) is 25.3 Å². The Kier molecular flexibility index (Phi) is 8.21. The highest BCUT2D eigenvalue weighted by molar-refractivity contribution is 7.90. The summed E-state index contributed by atoms with van der Waals surface area (Å²) in [7, 11) is -2.16. The van der Waals surface area contributed by atoms with E-state index in [9.17, 15) is 18.0 Å². The second-order valence-electron chi connectivity index (χ2n) is 13.7. The molecule has 46 heavy (non-hydrogen) atoms. The smallest absolute Gasteiger partial charge is 0.264 e. The van der Waals surface area contributed by atoms with Crippen molar-refractivity contribution in [3.63, 3.8) is 0 Å². The number of fused-ring (bicyclic) bond motifs is 5. The minimum atomic E-state index is -3.82. The van der Waals surface area contributed by atoms with Crippen LogP contribution in [0.25, 0.3) is 33.8 Å². The Hall–Kier alpha value is -4.18. The molecule has 6 rings (SSSR count). The van der Waals surface area contributed by atoms with Crippen molar-refractivity contribution in [1.29, 1.82) is 0 Å². The third-order valence-electron chi connectivity index (χ3n) is 9.27. The Labute approximate surface area is 270 Å². The molecule has 9 nitrogen and oxygen atoms in total. The summed E-state index contributed by atoms with van der Waals surface area (Å²) in [4.78, 5) is 25.7. The van der Waals surface area contributed by atoms with Crippen LogP contribution in [0.4, 0.5) is 0 Å². The summed E-state index contributed by atoms with van der Waals surface area (Å²) in [6.07, 6.45) is 10.2. The predicted molar refractivity (Wildman–Crippen MR) is 182 cm³/mol. The molecule has 0 atom stereocenters. The van der Waals surface area contributed by atoms with Gasteiger partial charge in [0, 0.05) is 22.0 Å². The Balaban J connectivity index is 1.65. The van der Waals surface area contributed by atoms with Crippen LogP contribution in [0.1, 0.15) is 110 Å². The topological polar surface area (TPSA) is 112 Å². The molecule has 3 heterocycles. The molecular formula is C36H42N4O5S. The van der Waals surface area contributed by atoms with E-state index in [1.54, 1.807) is 33.2 Å². The SMILES string of the molecule is COc1ccc2c(c1)C=C(c1c(C=O)cnn1C(C)(C)C)Cn1c-2c(C2CCCCC2)c2ccc(C(=O)NS(=O)(=O)C(C)C)cc21. The van der Waals surface area contributed by atoms with Gasteiger partial charge >= 0.3 is 0 Å². The lowest BCUT2D eigenvalue weighted by atomic mass is 9.81. The van der Waals surface area contributed by atoms with Crippen LogP contribution in [0.2, 0.25) is 0 Å². The Morgan fingerprint density at radius 1 is 1.07 bits per heavy atom. The molecule has 1 saturated carbocycles. The number of carbonyl (C=O) groups excluding carboxylic acids is 2. The summed E-state index contributed by atoms with van der Waals surface area (Å²) in [5, 5.41) is 4.94. The van der Waals surface area contributed by atoms with Crippen LogP contribution in [-0.2, 0) is 22.1 Å². The largest absolute Gasteiger partial charge is 0.497 e. The van der Waals surface area contributed by atoms with Gasteiger partial charge in [0.2, 0.25) is 10.0 Å². The number of amides is 1. The fraction of sp³-hybridized carbons (Fsp3) is 0.417. The van der Waals surface area contributed by atoms with E-state index in [0.29, 0.717) is 18.0 Å². The fourth-order valence-electron chi connectivity index (χ4n) is 6.91. The van der Waals surface area contributed by atoms with Crippen LogP contribution in [0.3, 0.4) is 0 Å². The van der Waals surface area contributed by atoms with Gasteiger partial charge in [0.25, 0.3) is 5.91 Å². The molecule has 1 amide bonds.